The van der Waals surface area contributed by atoms with Crippen molar-refractivity contribution in [2.45, 2.75) is 6.42 Å². The number of hydrogen-bond donors (Lipinski definition) is 2. The molecule has 8 heteroatoms. The summed E-state index contributed by atoms with van der Waals surface area (Å²) in [5.41, 5.74) is 1.07. The van der Waals surface area contributed by atoms with Gasteiger partial charge in [-0.2, -0.15) is 0 Å². The van der Waals surface area contributed by atoms with Crippen LogP contribution < -0.4 is 29.6 Å². The predicted octanol–water partition coefficient (Wildman–Crippen LogP) is 2.15. The maximum Gasteiger partial charge on any atom is 0.233 e. The van der Waals surface area contributed by atoms with Gasteiger partial charge in [-0.3, -0.25) is 9.59 Å². The highest BCUT2D eigenvalue weighted by Gasteiger charge is 2.16. The molecule has 26 heavy (non-hydrogen) atoms. The fourth-order valence-corrected chi connectivity index (χ4v) is 2.65. The summed E-state index contributed by atoms with van der Waals surface area (Å²) < 4.78 is 21.4. The number of benzene rings is 2. The van der Waals surface area contributed by atoms with Gasteiger partial charge in [0.2, 0.25) is 18.6 Å². The van der Waals surface area contributed by atoms with Crippen LogP contribution in [0.15, 0.2) is 36.4 Å². The van der Waals surface area contributed by atoms with Gasteiger partial charge in [0.1, 0.15) is 19.6 Å². The van der Waals surface area contributed by atoms with Crippen molar-refractivity contribution in [3.8, 4) is 23.0 Å². The lowest BCUT2D eigenvalue weighted by Gasteiger charge is -2.19. The number of fused-ring (bicyclic) bond motifs is 2. The maximum absolute atomic E-state index is 12.1. The van der Waals surface area contributed by atoms with Gasteiger partial charge in [-0.25, -0.2) is 0 Å². The molecule has 2 N–H and O–H groups in total. The molecule has 0 spiro atoms. The molecule has 2 aliphatic rings. The minimum Gasteiger partial charge on any atom is -0.486 e. The monoisotopic (exact) mass is 356 g/mol. The number of carbonyl (C=O) groups is 2. The van der Waals surface area contributed by atoms with Gasteiger partial charge in [-0.1, -0.05) is 0 Å². The van der Waals surface area contributed by atoms with Crippen molar-refractivity contribution in [1.29, 1.82) is 0 Å². The number of rotatable bonds is 4. The van der Waals surface area contributed by atoms with E-state index in [1.54, 1.807) is 36.4 Å². The Balaban J connectivity index is 1.33. The van der Waals surface area contributed by atoms with E-state index in [1.165, 1.54) is 0 Å². The Bertz CT molecular complexity index is 867. The maximum atomic E-state index is 12.1. The number of anilines is 2. The number of ether oxygens (including phenoxy) is 4. The van der Waals surface area contributed by atoms with E-state index in [0.717, 1.165) is 0 Å². The quantitative estimate of drug-likeness (QED) is 0.815. The van der Waals surface area contributed by atoms with Crippen molar-refractivity contribution in [1.82, 2.24) is 0 Å². The molecule has 0 saturated heterocycles. The van der Waals surface area contributed by atoms with E-state index < -0.39 is 11.8 Å². The molecule has 4 rings (SSSR count). The summed E-state index contributed by atoms with van der Waals surface area (Å²) in [5.74, 6) is 1.52. The molecule has 134 valence electrons. The van der Waals surface area contributed by atoms with Crippen LogP contribution in [0.25, 0.3) is 0 Å². The fraction of sp³-hybridized carbons (Fsp3) is 0.222. The highest BCUT2D eigenvalue weighted by Crippen LogP contribution is 2.34. The van der Waals surface area contributed by atoms with Crippen LogP contribution in [-0.2, 0) is 9.59 Å². The Morgan fingerprint density at radius 3 is 1.88 bits per heavy atom. The first-order chi connectivity index (χ1) is 12.7. The summed E-state index contributed by atoms with van der Waals surface area (Å²) in [4.78, 5) is 24.1. The van der Waals surface area contributed by atoms with Gasteiger partial charge in [0, 0.05) is 23.5 Å². The van der Waals surface area contributed by atoms with Crippen LogP contribution in [-0.4, -0.2) is 31.8 Å². The first-order valence-electron chi connectivity index (χ1n) is 8.06. The molecule has 2 aromatic rings. The summed E-state index contributed by atoms with van der Waals surface area (Å²) in [7, 11) is 0. The Labute approximate surface area is 149 Å². The van der Waals surface area contributed by atoms with E-state index in [9.17, 15) is 9.59 Å². The van der Waals surface area contributed by atoms with Crippen LogP contribution in [0.2, 0.25) is 0 Å². The zero-order valence-corrected chi connectivity index (χ0v) is 13.7. The molecule has 0 aromatic heterocycles. The molecule has 2 aromatic carbocycles. The molecular weight excluding hydrogens is 340 g/mol. The van der Waals surface area contributed by atoms with E-state index in [1.807, 2.05) is 0 Å². The second-order valence-corrected chi connectivity index (χ2v) is 5.70. The van der Waals surface area contributed by atoms with Crippen molar-refractivity contribution >= 4 is 23.2 Å². The van der Waals surface area contributed by atoms with Crippen LogP contribution in [0.4, 0.5) is 11.4 Å². The van der Waals surface area contributed by atoms with E-state index in [0.29, 0.717) is 47.6 Å². The minimum absolute atomic E-state index is 0.157. The smallest absolute Gasteiger partial charge is 0.233 e. The van der Waals surface area contributed by atoms with E-state index in [2.05, 4.69) is 10.6 Å². The van der Waals surface area contributed by atoms with Crippen molar-refractivity contribution < 1.29 is 28.5 Å². The lowest BCUT2D eigenvalue weighted by Crippen LogP contribution is -2.21. The third kappa shape index (κ3) is 3.49. The first kappa shape index (κ1) is 16.1. The van der Waals surface area contributed by atoms with E-state index in [-0.39, 0.29) is 13.2 Å². The molecule has 2 amide bonds. The Morgan fingerprint density at radius 1 is 0.731 bits per heavy atom. The summed E-state index contributed by atoms with van der Waals surface area (Å²) in [6, 6.07) is 10.1. The summed E-state index contributed by atoms with van der Waals surface area (Å²) in [5, 5.41) is 5.33. The molecule has 0 unspecified atom stereocenters. The number of amides is 2. The predicted molar refractivity (Wildman–Crippen MR) is 91.9 cm³/mol. The summed E-state index contributed by atoms with van der Waals surface area (Å²) in [6.07, 6.45) is -0.317. The zero-order chi connectivity index (χ0) is 17.9. The van der Waals surface area contributed by atoms with Crippen LogP contribution in [0.1, 0.15) is 6.42 Å². The highest BCUT2D eigenvalue weighted by atomic mass is 16.7. The number of hydrogen-bond acceptors (Lipinski definition) is 6. The summed E-state index contributed by atoms with van der Waals surface area (Å²) >= 11 is 0. The third-order valence-electron chi connectivity index (χ3n) is 3.80. The lowest BCUT2D eigenvalue weighted by atomic mass is 10.2. The van der Waals surface area contributed by atoms with Crippen LogP contribution >= 0.6 is 0 Å². The average Bonchev–Trinajstić information content (AvgIpc) is 3.09. The normalized spacial score (nSPS) is 13.8. The van der Waals surface area contributed by atoms with Crippen molar-refractivity contribution in [3.63, 3.8) is 0 Å². The number of carbonyl (C=O) groups excluding carboxylic acids is 2. The third-order valence-corrected chi connectivity index (χ3v) is 3.80. The van der Waals surface area contributed by atoms with Crippen LogP contribution in [0.3, 0.4) is 0 Å². The molecule has 0 saturated carbocycles. The molecule has 0 atom stereocenters. The Morgan fingerprint density at radius 2 is 1.23 bits per heavy atom. The van der Waals surface area contributed by atoms with Gasteiger partial charge < -0.3 is 29.6 Å². The SMILES string of the molecule is O=C(CC(=O)Nc1ccc2c(c1)OCO2)Nc1ccc2c(c1)OCCO2. The first-order valence-corrected chi connectivity index (χ1v) is 8.06. The molecule has 2 heterocycles. The lowest BCUT2D eigenvalue weighted by molar-refractivity contribution is -0.123. The van der Waals surface area contributed by atoms with Gasteiger partial charge in [0.15, 0.2) is 23.0 Å². The fourth-order valence-electron chi connectivity index (χ4n) is 2.65. The van der Waals surface area contributed by atoms with Gasteiger partial charge in [0.25, 0.3) is 0 Å². The van der Waals surface area contributed by atoms with Gasteiger partial charge in [-0.15, -0.1) is 0 Å². The Kier molecular flexibility index (Phi) is 4.22. The van der Waals surface area contributed by atoms with Crippen molar-refractivity contribution in [2.75, 3.05) is 30.6 Å². The second kappa shape index (κ2) is 6.83. The standard InChI is InChI=1S/C18H16N2O6/c21-17(19-11-1-3-13-15(7-11)24-6-5-23-13)9-18(22)20-12-2-4-14-16(8-12)26-10-25-14/h1-4,7-8H,5-6,9-10H2,(H,19,21)(H,20,22). The van der Waals surface area contributed by atoms with Crippen molar-refractivity contribution in [3.05, 3.63) is 36.4 Å². The molecule has 8 nitrogen and oxygen atoms in total. The molecule has 0 radical (unpaired) electrons. The van der Waals surface area contributed by atoms with Gasteiger partial charge in [0.05, 0.1) is 0 Å². The van der Waals surface area contributed by atoms with Crippen molar-refractivity contribution in [2.24, 2.45) is 0 Å². The molecule has 0 bridgehead atoms. The second-order valence-electron chi connectivity index (χ2n) is 5.70. The molecular formula is C18H16N2O6. The number of nitrogens with one attached hydrogen (secondary N) is 2. The molecule has 0 aliphatic carbocycles. The topological polar surface area (TPSA) is 95.1 Å². The highest BCUT2D eigenvalue weighted by molar-refractivity contribution is 6.08. The average molecular weight is 356 g/mol. The van der Waals surface area contributed by atoms with Gasteiger partial charge >= 0.3 is 0 Å². The molecule has 2 aliphatic heterocycles. The van der Waals surface area contributed by atoms with E-state index in [4.69, 9.17) is 18.9 Å². The summed E-state index contributed by atoms with van der Waals surface area (Å²) in [6.45, 7) is 1.12. The van der Waals surface area contributed by atoms with Crippen LogP contribution in [0.5, 0.6) is 23.0 Å². The largest absolute Gasteiger partial charge is 0.486 e. The minimum atomic E-state index is -0.432. The van der Waals surface area contributed by atoms with E-state index >= 15 is 0 Å². The van der Waals surface area contributed by atoms with Crippen LogP contribution in [0, 0.1) is 0 Å². The zero-order valence-electron chi connectivity index (χ0n) is 13.7. The molecule has 0 fully saturated rings. The Hall–Kier alpha value is -3.42. The van der Waals surface area contributed by atoms with Gasteiger partial charge in [-0.05, 0) is 24.3 Å².